The van der Waals surface area contributed by atoms with E-state index in [1.54, 1.807) is 0 Å². The van der Waals surface area contributed by atoms with E-state index in [1.165, 1.54) is 0 Å². The van der Waals surface area contributed by atoms with Crippen LogP contribution < -0.4 is 0 Å². The minimum atomic E-state index is -4.63. The number of nitrogens with zero attached hydrogens (tertiary/aromatic N) is 1. The van der Waals surface area contributed by atoms with Crippen LogP contribution in [0.3, 0.4) is 0 Å². The van der Waals surface area contributed by atoms with Gasteiger partial charge in [-0.2, -0.15) is 13.2 Å². The highest BCUT2D eigenvalue weighted by Gasteiger charge is 2.31. The lowest BCUT2D eigenvalue weighted by atomic mass is 10.2. The summed E-state index contributed by atoms with van der Waals surface area (Å²) in [5.74, 6) is -2.28. The Balaban J connectivity index is 3.14. The van der Waals surface area contributed by atoms with Crippen LogP contribution in [0.2, 0.25) is 0 Å². The quantitative estimate of drug-likeness (QED) is 0.630. The zero-order chi connectivity index (χ0) is 15.7. The average Bonchev–Trinajstić information content (AvgIpc) is 2.23. The van der Waals surface area contributed by atoms with Crippen LogP contribution in [0.15, 0.2) is 23.1 Å². The van der Waals surface area contributed by atoms with Gasteiger partial charge in [0, 0.05) is 23.3 Å². The van der Waals surface area contributed by atoms with Gasteiger partial charge in [-0.1, -0.05) is 0 Å². The maximum Gasteiger partial charge on any atom is 0.406 e. The second-order valence-corrected chi connectivity index (χ2v) is 6.46. The number of alkyl halides is 3. The molecule has 0 saturated carbocycles. The Morgan fingerprint density at radius 1 is 1.30 bits per heavy atom. The van der Waals surface area contributed by atoms with E-state index in [0.717, 1.165) is 7.05 Å². The van der Waals surface area contributed by atoms with Gasteiger partial charge in [0.2, 0.25) is 0 Å². The predicted octanol–water partition coefficient (Wildman–Crippen LogP) is 2.39. The fourth-order valence-corrected chi connectivity index (χ4v) is 2.18. The van der Waals surface area contributed by atoms with Crippen molar-refractivity contribution < 1.29 is 30.8 Å². The molecule has 1 rings (SSSR count). The molecule has 0 heterocycles. The van der Waals surface area contributed by atoms with Crippen molar-refractivity contribution in [1.82, 2.24) is 4.90 Å². The molecule has 0 aromatic heterocycles. The summed E-state index contributed by atoms with van der Waals surface area (Å²) in [6.07, 6.45) is -4.63. The fourth-order valence-electron chi connectivity index (χ4n) is 1.39. The van der Waals surface area contributed by atoms with Crippen molar-refractivity contribution in [2.75, 3.05) is 13.6 Å². The van der Waals surface area contributed by atoms with Gasteiger partial charge in [-0.15, -0.1) is 0 Å². The van der Waals surface area contributed by atoms with Gasteiger partial charge in [0.1, 0.15) is 12.4 Å². The predicted molar refractivity (Wildman–Crippen MR) is 62.5 cm³/mol. The number of carbonyl (C=O) groups is 1. The first-order valence-corrected chi connectivity index (χ1v) is 7.28. The third kappa shape index (κ3) is 4.64. The van der Waals surface area contributed by atoms with Crippen molar-refractivity contribution in [1.29, 1.82) is 0 Å². The average molecular weight is 334 g/mol. The molecular weight excluding hydrogens is 326 g/mol. The lowest BCUT2D eigenvalue weighted by molar-refractivity contribution is -0.138. The summed E-state index contributed by atoms with van der Waals surface area (Å²) in [7, 11) is 1.55. The molecule has 0 fully saturated rings. The maximum atomic E-state index is 13.2. The van der Waals surface area contributed by atoms with E-state index >= 15 is 0 Å². The van der Waals surface area contributed by atoms with Gasteiger partial charge in [-0.05, 0) is 18.2 Å². The molecular formula is C10H8ClF4NO3S. The van der Waals surface area contributed by atoms with Crippen molar-refractivity contribution in [2.45, 2.75) is 11.1 Å². The molecule has 0 unspecified atom stereocenters. The van der Waals surface area contributed by atoms with Crippen molar-refractivity contribution >= 4 is 25.6 Å². The summed E-state index contributed by atoms with van der Waals surface area (Å²) in [5, 5.41) is 0. The van der Waals surface area contributed by atoms with Crippen molar-refractivity contribution in [3.63, 3.8) is 0 Å². The first kappa shape index (κ1) is 16.7. The Morgan fingerprint density at radius 2 is 1.85 bits per heavy atom. The van der Waals surface area contributed by atoms with Gasteiger partial charge >= 0.3 is 6.18 Å². The molecule has 0 radical (unpaired) electrons. The van der Waals surface area contributed by atoms with E-state index in [9.17, 15) is 30.8 Å². The van der Waals surface area contributed by atoms with Crippen molar-refractivity contribution in [3.8, 4) is 0 Å². The second kappa shape index (κ2) is 5.57. The number of carbonyl (C=O) groups excluding carboxylic acids is 1. The Bertz CT molecular complexity index is 630. The van der Waals surface area contributed by atoms with Crippen molar-refractivity contribution in [2.24, 2.45) is 0 Å². The molecule has 0 spiro atoms. The fraction of sp³-hybridized carbons (Fsp3) is 0.300. The number of rotatable bonds is 3. The number of benzene rings is 1. The lowest BCUT2D eigenvalue weighted by Crippen LogP contribution is -2.35. The normalized spacial score (nSPS) is 12.3. The molecule has 112 valence electrons. The highest BCUT2D eigenvalue weighted by atomic mass is 35.7. The van der Waals surface area contributed by atoms with Crippen LogP contribution >= 0.6 is 10.7 Å². The highest BCUT2D eigenvalue weighted by Crippen LogP contribution is 2.21. The Kier molecular flexibility index (Phi) is 4.65. The number of halogens is 5. The van der Waals surface area contributed by atoms with Crippen LogP contribution in [0.5, 0.6) is 0 Å². The van der Waals surface area contributed by atoms with Gasteiger partial charge in [0.05, 0.1) is 4.90 Å². The molecule has 4 nitrogen and oxygen atoms in total. The molecule has 0 aliphatic heterocycles. The summed E-state index contributed by atoms with van der Waals surface area (Å²) in [4.78, 5) is 11.3. The molecule has 0 atom stereocenters. The van der Waals surface area contributed by atoms with Gasteiger partial charge in [0.15, 0.2) is 0 Å². The van der Waals surface area contributed by atoms with E-state index in [2.05, 4.69) is 0 Å². The third-order valence-electron chi connectivity index (χ3n) is 2.16. The molecule has 0 bridgehead atoms. The Hall–Kier alpha value is -1.35. The smallest absolute Gasteiger partial charge is 0.333 e. The molecule has 1 aromatic rings. The van der Waals surface area contributed by atoms with E-state index < -0.39 is 44.0 Å². The van der Waals surface area contributed by atoms with E-state index in [-0.39, 0.29) is 0 Å². The summed E-state index contributed by atoms with van der Waals surface area (Å²) < 4.78 is 71.7. The van der Waals surface area contributed by atoms with Crippen LogP contribution in [0.4, 0.5) is 17.6 Å². The minimum Gasteiger partial charge on any atom is -0.333 e. The summed E-state index contributed by atoms with van der Waals surface area (Å²) in [6.45, 7) is -1.55. The standard InChI is InChI=1S/C10H8ClF4NO3S/c1-16(5-10(13,14)15)9(17)6-2-7(12)4-8(3-6)20(11,18)19/h2-4H,5H2,1H3. The molecule has 0 saturated heterocycles. The second-order valence-electron chi connectivity index (χ2n) is 3.89. The molecule has 0 N–H and O–H groups in total. The number of hydrogen-bond acceptors (Lipinski definition) is 3. The van der Waals surface area contributed by atoms with Crippen LogP contribution in [0, 0.1) is 5.82 Å². The maximum absolute atomic E-state index is 13.2. The minimum absolute atomic E-state index is 0.291. The summed E-state index contributed by atoms with van der Waals surface area (Å²) >= 11 is 0. The Labute approximate surface area is 116 Å². The zero-order valence-electron chi connectivity index (χ0n) is 9.91. The number of amides is 1. The molecule has 20 heavy (non-hydrogen) atoms. The monoisotopic (exact) mass is 333 g/mol. The zero-order valence-corrected chi connectivity index (χ0v) is 11.5. The van der Waals surface area contributed by atoms with E-state index in [1.807, 2.05) is 0 Å². The largest absolute Gasteiger partial charge is 0.406 e. The van der Waals surface area contributed by atoms with Gasteiger partial charge in [-0.25, -0.2) is 12.8 Å². The molecule has 0 aliphatic rings. The van der Waals surface area contributed by atoms with Gasteiger partial charge < -0.3 is 4.90 Å². The summed E-state index contributed by atoms with van der Waals surface area (Å²) in [6, 6.07) is 1.89. The van der Waals surface area contributed by atoms with Gasteiger partial charge in [0.25, 0.3) is 15.0 Å². The van der Waals surface area contributed by atoms with Crippen LogP contribution in [-0.4, -0.2) is 39.0 Å². The van der Waals surface area contributed by atoms with Gasteiger partial charge in [-0.3, -0.25) is 4.79 Å². The summed E-state index contributed by atoms with van der Waals surface area (Å²) in [5.41, 5.74) is -0.545. The van der Waals surface area contributed by atoms with E-state index in [0.29, 0.717) is 23.1 Å². The van der Waals surface area contributed by atoms with E-state index in [4.69, 9.17) is 10.7 Å². The van der Waals surface area contributed by atoms with Crippen molar-refractivity contribution in [3.05, 3.63) is 29.6 Å². The lowest BCUT2D eigenvalue weighted by Gasteiger charge is -2.19. The van der Waals surface area contributed by atoms with Crippen LogP contribution in [-0.2, 0) is 9.05 Å². The van der Waals surface area contributed by atoms with Crippen LogP contribution in [0.25, 0.3) is 0 Å². The highest BCUT2D eigenvalue weighted by molar-refractivity contribution is 8.13. The molecule has 0 aliphatic carbocycles. The number of hydrogen-bond donors (Lipinski definition) is 0. The Morgan fingerprint density at radius 3 is 2.30 bits per heavy atom. The first-order valence-electron chi connectivity index (χ1n) is 4.97. The first-order chi connectivity index (χ1) is 8.90. The molecule has 1 amide bonds. The molecule has 1 aromatic carbocycles. The SMILES string of the molecule is CN(CC(F)(F)F)C(=O)c1cc(F)cc(S(=O)(=O)Cl)c1. The van der Waals surface area contributed by atoms with Crippen LogP contribution in [0.1, 0.15) is 10.4 Å². The third-order valence-corrected chi connectivity index (χ3v) is 3.50. The molecule has 10 heteroatoms. The topological polar surface area (TPSA) is 54.5 Å².